The molecule has 1 rings (SSSR count). The molecule has 0 aliphatic carbocycles. The van der Waals surface area contributed by atoms with Crippen molar-refractivity contribution in [2.45, 2.75) is 19.8 Å². The molecule has 2 nitrogen and oxygen atoms in total. The predicted molar refractivity (Wildman–Crippen MR) is 57.6 cm³/mol. The normalized spacial score (nSPS) is 10.1. The smallest absolute Gasteiger partial charge is 0.0912 e. The zero-order valence-electron chi connectivity index (χ0n) is 8.12. The maximum Gasteiger partial charge on any atom is 0.0912 e. The molecule has 0 spiro atoms. The van der Waals surface area contributed by atoms with Crippen molar-refractivity contribution in [3.05, 3.63) is 30.1 Å². The molecule has 0 saturated carbocycles. The molecule has 0 fully saturated rings. The van der Waals surface area contributed by atoms with Gasteiger partial charge >= 0.3 is 0 Å². The Morgan fingerprint density at radius 2 is 2.23 bits per heavy atom. The van der Waals surface area contributed by atoms with Crippen molar-refractivity contribution >= 4 is 18.5 Å². The van der Waals surface area contributed by atoms with E-state index in [0.717, 1.165) is 16.9 Å². The van der Waals surface area contributed by atoms with E-state index in [1.54, 1.807) is 12.3 Å². The summed E-state index contributed by atoms with van der Waals surface area (Å²) in [5.41, 5.74) is 2.83. The Morgan fingerprint density at radius 3 is 2.69 bits per heavy atom. The largest absolute Gasteiger partial charge is 0.262 e. The van der Waals surface area contributed by atoms with Crippen molar-refractivity contribution in [1.29, 1.82) is 0 Å². The highest BCUT2D eigenvalue weighted by Gasteiger charge is 2.08. The minimum absolute atomic E-state index is 0.361. The van der Waals surface area contributed by atoms with Crippen LogP contribution in [0.15, 0.2) is 23.8 Å². The van der Waals surface area contributed by atoms with E-state index in [2.05, 4.69) is 37.1 Å². The van der Waals surface area contributed by atoms with E-state index in [4.69, 9.17) is 0 Å². The second kappa shape index (κ2) is 3.99. The molecular formula is C11H14N2. The number of hydrogen-bond acceptors (Lipinski definition) is 2. The van der Waals surface area contributed by atoms with E-state index in [1.165, 1.54) is 0 Å². The van der Waals surface area contributed by atoms with E-state index >= 15 is 0 Å². The Kier molecular flexibility index (Phi) is 2.96. The third kappa shape index (κ3) is 1.83. The average Bonchev–Trinajstić information content (AvgIpc) is 2.16. The lowest BCUT2D eigenvalue weighted by Crippen LogP contribution is -1.93. The monoisotopic (exact) mass is 174 g/mol. The third-order valence-electron chi connectivity index (χ3n) is 1.91. The zero-order chi connectivity index (χ0) is 9.84. The van der Waals surface area contributed by atoms with Gasteiger partial charge in [-0.3, -0.25) is 9.98 Å². The van der Waals surface area contributed by atoms with Crippen molar-refractivity contribution in [2.75, 3.05) is 0 Å². The predicted octanol–water partition coefficient (Wildman–Crippen LogP) is 3.18. The lowest BCUT2D eigenvalue weighted by Gasteiger charge is -2.09. The van der Waals surface area contributed by atoms with Crippen LogP contribution < -0.4 is 0 Å². The number of nitrogens with zero attached hydrogens (tertiary/aromatic N) is 2. The highest BCUT2D eigenvalue weighted by molar-refractivity contribution is 5.67. The molecule has 0 radical (unpaired) electrons. The van der Waals surface area contributed by atoms with Gasteiger partial charge in [-0.2, -0.15) is 0 Å². The number of aromatic nitrogens is 1. The van der Waals surface area contributed by atoms with Crippen LogP contribution in [-0.2, 0) is 0 Å². The van der Waals surface area contributed by atoms with Gasteiger partial charge in [-0.25, -0.2) is 0 Å². The molecule has 2 heteroatoms. The fraction of sp³-hybridized carbons (Fsp3) is 0.273. The summed E-state index contributed by atoms with van der Waals surface area (Å²) < 4.78 is 0. The van der Waals surface area contributed by atoms with E-state index < -0.39 is 0 Å². The van der Waals surface area contributed by atoms with Crippen LogP contribution in [0.25, 0.3) is 6.08 Å². The molecule has 0 atom stereocenters. The standard InChI is InChI=1S/C11H14N2/c1-5-9-6-7-13-10(8(2)3)11(9)12-4/h5-8H,1,4H2,2-3H3. The van der Waals surface area contributed by atoms with Crippen molar-refractivity contribution in [3.63, 3.8) is 0 Å². The van der Waals surface area contributed by atoms with Gasteiger partial charge in [0.05, 0.1) is 11.4 Å². The van der Waals surface area contributed by atoms with Gasteiger partial charge < -0.3 is 0 Å². The Labute approximate surface area is 79.0 Å². The number of pyridine rings is 1. The quantitative estimate of drug-likeness (QED) is 0.646. The molecule has 1 aromatic rings. The molecule has 1 aromatic heterocycles. The van der Waals surface area contributed by atoms with Gasteiger partial charge in [0.15, 0.2) is 0 Å². The molecule has 68 valence electrons. The Bertz CT molecular complexity index is 327. The first-order valence-electron chi connectivity index (χ1n) is 4.28. The van der Waals surface area contributed by atoms with Gasteiger partial charge in [-0.1, -0.05) is 26.5 Å². The molecule has 0 unspecified atom stereocenters. The summed E-state index contributed by atoms with van der Waals surface area (Å²) in [6, 6.07) is 1.89. The van der Waals surface area contributed by atoms with Gasteiger partial charge in [0.25, 0.3) is 0 Å². The van der Waals surface area contributed by atoms with Crippen LogP contribution in [0.4, 0.5) is 5.69 Å². The molecule has 0 aliphatic rings. The average molecular weight is 174 g/mol. The minimum atomic E-state index is 0.361. The molecule has 0 aromatic carbocycles. The molecule has 0 amide bonds. The third-order valence-corrected chi connectivity index (χ3v) is 1.91. The summed E-state index contributed by atoms with van der Waals surface area (Å²) >= 11 is 0. The first kappa shape index (κ1) is 9.65. The van der Waals surface area contributed by atoms with Crippen molar-refractivity contribution in [2.24, 2.45) is 4.99 Å². The van der Waals surface area contributed by atoms with Crippen LogP contribution in [0.1, 0.15) is 31.0 Å². The fourth-order valence-corrected chi connectivity index (χ4v) is 1.25. The maximum absolute atomic E-state index is 4.28. The molecule has 0 aliphatic heterocycles. The summed E-state index contributed by atoms with van der Waals surface area (Å²) in [6.45, 7) is 11.4. The first-order valence-corrected chi connectivity index (χ1v) is 4.28. The zero-order valence-corrected chi connectivity index (χ0v) is 8.12. The molecule has 13 heavy (non-hydrogen) atoms. The van der Waals surface area contributed by atoms with Gasteiger partial charge in [-0.05, 0) is 18.7 Å². The van der Waals surface area contributed by atoms with Crippen LogP contribution in [0.2, 0.25) is 0 Å². The van der Waals surface area contributed by atoms with Gasteiger partial charge in [-0.15, -0.1) is 0 Å². The van der Waals surface area contributed by atoms with Crippen molar-refractivity contribution in [3.8, 4) is 0 Å². The first-order chi connectivity index (χ1) is 6.20. The van der Waals surface area contributed by atoms with Crippen molar-refractivity contribution < 1.29 is 0 Å². The summed E-state index contributed by atoms with van der Waals surface area (Å²) in [4.78, 5) is 8.25. The van der Waals surface area contributed by atoms with Crippen LogP contribution in [0, 0.1) is 0 Å². The second-order valence-corrected chi connectivity index (χ2v) is 3.15. The van der Waals surface area contributed by atoms with Gasteiger partial charge in [0, 0.05) is 11.8 Å². The highest BCUT2D eigenvalue weighted by Crippen LogP contribution is 2.28. The fourth-order valence-electron chi connectivity index (χ4n) is 1.25. The number of hydrogen-bond donors (Lipinski definition) is 0. The number of aliphatic imine (C=N–C) groups is 1. The SMILES string of the molecule is C=Cc1ccnc(C(C)C)c1N=C. The Hall–Kier alpha value is -1.44. The Morgan fingerprint density at radius 1 is 1.54 bits per heavy atom. The lowest BCUT2D eigenvalue weighted by molar-refractivity contribution is 0.823. The molecular weight excluding hydrogens is 160 g/mol. The molecule has 0 bridgehead atoms. The van der Waals surface area contributed by atoms with Crippen molar-refractivity contribution in [1.82, 2.24) is 4.98 Å². The van der Waals surface area contributed by atoms with Crippen LogP contribution in [0.3, 0.4) is 0 Å². The van der Waals surface area contributed by atoms with Crippen LogP contribution >= 0.6 is 0 Å². The summed E-state index contributed by atoms with van der Waals surface area (Å²) in [6.07, 6.45) is 3.55. The van der Waals surface area contributed by atoms with Gasteiger partial charge in [0.2, 0.25) is 0 Å². The summed E-state index contributed by atoms with van der Waals surface area (Å²) in [5.74, 6) is 0.361. The molecule has 1 heterocycles. The van der Waals surface area contributed by atoms with E-state index in [-0.39, 0.29) is 0 Å². The van der Waals surface area contributed by atoms with Crippen LogP contribution in [0.5, 0.6) is 0 Å². The molecule has 0 N–H and O–H groups in total. The topological polar surface area (TPSA) is 25.2 Å². The molecule has 0 saturated heterocycles. The van der Waals surface area contributed by atoms with Crippen LogP contribution in [-0.4, -0.2) is 11.7 Å². The minimum Gasteiger partial charge on any atom is -0.262 e. The second-order valence-electron chi connectivity index (χ2n) is 3.15. The summed E-state index contributed by atoms with van der Waals surface area (Å²) in [7, 11) is 0. The number of rotatable bonds is 3. The Balaban J connectivity index is 3.35. The van der Waals surface area contributed by atoms with E-state index in [0.29, 0.717) is 5.92 Å². The van der Waals surface area contributed by atoms with Gasteiger partial charge in [0.1, 0.15) is 0 Å². The van der Waals surface area contributed by atoms with E-state index in [1.807, 2.05) is 6.07 Å². The van der Waals surface area contributed by atoms with E-state index in [9.17, 15) is 0 Å². The summed E-state index contributed by atoms with van der Waals surface area (Å²) in [5, 5.41) is 0. The highest BCUT2D eigenvalue weighted by atomic mass is 14.8. The lowest BCUT2D eigenvalue weighted by atomic mass is 10.0. The maximum atomic E-state index is 4.28.